The van der Waals surface area contributed by atoms with Crippen molar-refractivity contribution >= 4 is 0 Å². The second-order valence-corrected chi connectivity index (χ2v) is 3.54. The summed E-state index contributed by atoms with van der Waals surface area (Å²) in [6.45, 7) is 9.52. The third-order valence-electron chi connectivity index (χ3n) is 2.43. The van der Waals surface area contributed by atoms with Crippen LogP contribution < -0.4 is 5.32 Å². The van der Waals surface area contributed by atoms with E-state index in [-0.39, 0.29) is 6.29 Å². The molecule has 0 rings (SSSR count). The number of likely N-dealkylation sites (N-methyl/N-ethyl adjacent to an activating group) is 1. The lowest BCUT2D eigenvalue weighted by molar-refractivity contribution is -0.0987. The average Bonchev–Trinajstić information content (AvgIpc) is 2.28. The summed E-state index contributed by atoms with van der Waals surface area (Å²) in [6, 6.07) is 0. The predicted molar refractivity (Wildman–Crippen MR) is 63.1 cm³/mol. The first-order valence-corrected chi connectivity index (χ1v) is 5.77. The van der Waals surface area contributed by atoms with Crippen LogP contribution in [0.3, 0.4) is 0 Å². The predicted octanol–water partition coefficient (Wildman–Crippen LogP) is 0.927. The molecule has 0 aliphatic rings. The fourth-order valence-electron chi connectivity index (χ4n) is 1.46. The van der Waals surface area contributed by atoms with Gasteiger partial charge in [-0.15, -0.1) is 0 Å². The molecule has 0 heterocycles. The van der Waals surface area contributed by atoms with Gasteiger partial charge in [0.25, 0.3) is 0 Å². The van der Waals surface area contributed by atoms with Crippen LogP contribution in [0, 0.1) is 0 Å². The molecule has 0 fully saturated rings. The van der Waals surface area contributed by atoms with Crippen molar-refractivity contribution in [1.82, 2.24) is 10.2 Å². The summed E-state index contributed by atoms with van der Waals surface area (Å²) in [5.74, 6) is 0. The highest BCUT2D eigenvalue weighted by Gasteiger charge is 2.04. The fourth-order valence-corrected chi connectivity index (χ4v) is 1.46. The third kappa shape index (κ3) is 7.73. The van der Waals surface area contributed by atoms with Crippen LogP contribution in [0.2, 0.25) is 0 Å². The van der Waals surface area contributed by atoms with Crippen LogP contribution in [0.15, 0.2) is 0 Å². The molecule has 0 aromatic rings. The zero-order valence-corrected chi connectivity index (χ0v) is 10.6. The van der Waals surface area contributed by atoms with Gasteiger partial charge in [-0.3, -0.25) is 0 Å². The monoisotopic (exact) mass is 218 g/mol. The van der Waals surface area contributed by atoms with E-state index in [1.807, 2.05) is 0 Å². The van der Waals surface area contributed by atoms with Crippen molar-refractivity contribution < 1.29 is 9.47 Å². The van der Waals surface area contributed by atoms with E-state index in [1.54, 1.807) is 14.2 Å². The second kappa shape index (κ2) is 10.4. The minimum absolute atomic E-state index is 0.133. The van der Waals surface area contributed by atoms with Gasteiger partial charge in [-0.05, 0) is 19.5 Å². The van der Waals surface area contributed by atoms with Gasteiger partial charge in [0.2, 0.25) is 0 Å². The van der Waals surface area contributed by atoms with Gasteiger partial charge in [0, 0.05) is 33.9 Å². The molecule has 0 aliphatic carbocycles. The Labute approximate surface area is 93.9 Å². The third-order valence-corrected chi connectivity index (χ3v) is 2.43. The van der Waals surface area contributed by atoms with Crippen molar-refractivity contribution in [3.05, 3.63) is 0 Å². The van der Waals surface area contributed by atoms with Crippen molar-refractivity contribution in [2.24, 2.45) is 0 Å². The van der Waals surface area contributed by atoms with E-state index >= 15 is 0 Å². The number of methoxy groups -OCH3 is 2. The Hall–Kier alpha value is -0.160. The normalized spacial score (nSPS) is 11.6. The molecule has 92 valence electrons. The van der Waals surface area contributed by atoms with E-state index in [0.29, 0.717) is 0 Å². The molecule has 0 amide bonds. The highest BCUT2D eigenvalue weighted by molar-refractivity contribution is 4.58. The van der Waals surface area contributed by atoms with Crippen LogP contribution >= 0.6 is 0 Å². The second-order valence-electron chi connectivity index (χ2n) is 3.54. The van der Waals surface area contributed by atoms with Crippen LogP contribution in [0.1, 0.15) is 20.3 Å². The summed E-state index contributed by atoms with van der Waals surface area (Å²) >= 11 is 0. The van der Waals surface area contributed by atoms with Gasteiger partial charge in [0.1, 0.15) is 0 Å². The molecular formula is C11H26N2O2. The topological polar surface area (TPSA) is 33.7 Å². The molecule has 0 radical (unpaired) electrons. The first-order valence-electron chi connectivity index (χ1n) is 5.77. The van der Waals surface area contributed by atoms with Gasteiger partial charge >= 0.3 is 0 Å². The molecule has 4 nitrogen and oxygen atoms in total. The summed E-state index contributed by atoms with van der Waals surface area (Å²) in [5.41, 5.74) is 0. The lowest BCUT2D eigenvalue weighted by Gasteiger charge is -2.20. The molecule has 4 heteroatoms. The summed E-state index contributed by atoms with van der Waals surface area (Å²) in [7, 11) is 3.32. The van der Waals surface area contributed by atoms with E-state index in [0.717, 1.165) is 26.2 Å². The maximum absolute atomic E-state index is 5.08. The minimum atomic E-state index is -0.133. The lowest BCUT2D eigenvalue weighted by Crippen LogP contribution is -2.36. The lowest BCUT2D eigenvalue weighted by atomic mass is 10.4. The fraction of sp³-hybridized carbons (Fsp3) is 1.00. The maximum Gasteiger partial charge on any atom is 0.169 e. The number of hydrogen-bond acceptors (Lipinski definition) is 4. The van der Waals surface area contributed by atoms with Crippen LogP contribution in [-0.2, 0) is 9.47 Å². The van der Waals surface area contributed by atoms with E-state index < -0.39 is 0 Å². The molecule has 0 aliphatic heterocycles. The van der Waals surface area contributed by atoms with E-state index in [9.17, 15) is 0 Å². The first-order chi connectivity index (χ1) is 7.28. The molecule has 0 spiro atoms. The van der Waals surface area contributed by atoms with Crippen molar-refractivity contribution in [2.75, 3.05) is 46.9 Å². The first kappa shape index (κ1) is 14.8. The van der Waals surface area contributed by atoms with Gasteiger partial charge in [0.15, 0.2) is 6.29 Å². The highest BCUT2D eigenvalue weighted by atomic mass is 16.7. The van der Waals surface area contributed by atoms with Crippen LogP contribution in [0.4, 0.5) is 0 Å². The zero-order valence-electron chi connectivity index (χ0n) is 10.6. The van der Waals surface area contributed by atoms with E-state index in [1.165, 1.54) is 13.0 Å². The Morgan fingerprint density at radius 1 is 1.13 bits per heavy atom. The molecule has 0 saturated carbocycles. The number of nitrogens with one attached hydrogen (secondary N) is 1. The number of hydrogen-bond donors (Lipinski definition) is 1. The molecule has 1 N–H and O–H groups in total. The largest absolute Gasteiger partial charge is 0.355 e. The summed E-state index contributed by atoms with van der Waals surface area (Å²) < 4.78 is 10.2. The molecule has 15 heavy (non-hydrogen) atoms. The standard InChI is InChI=1S/C11H26N2O2/c1-5-8-13(6-2)9-7-12-10-11(14-3)15-4/h11-12H,5-10H2,1-4H3. The smallest absolute Gasteiger partial charge is 0.169 e. The Morgan fingerprint density at radius 2 is 1.80 bits per heavy atom. The Kier molecular flexibility index (Phi) is 10.3. The number of nitrogens with zero attached hydrogens (tertiary/aromatic N) is 1. The van der Waals surface area contributed by atoms with Gasteiger partial charge in [-0.1, -0.05) is 13.8 Å². The summed E-state index contributed by atoms with van der Waals surface area (Å²) in [5, 5.41) is 3.32. The SMILES string of the molecule is CCCN(CC)CCNCC(OC)OC. The van der Waals surface area contributed by atoms with Crippen molar-refractivity contribution in [3.63, 3.8) is 0 Å². The molecular weight excluding hydrogens is 192 g/mol. The van der Waals surface area contributed by atoms with Gasteiger partial charge in [0.05, 0.1) is 0 Å². The maximum atomic E-state index is 5.08. The van der Waals surface area contributed by atoms with Crippen LogP contribution in [0.25, 0.3) is 0 Å². The van der Waals surface area contributed by atoms with Crippen molar-refractivity contribution in [2.45, 2.75) is 26.6 Å². The Bertz CT molecular complexity index is 130. The molecule has 0 aromatic heterocycles. The Balaban J connectivity index is 3.42. The molecule has 0 saturated heterocycles. The van der Waals surface area contributed by atoms with E-state index in [4.69, 9.17) is 9.47 Å². The van der Waals surface area contributed by atoms with Gasteiger partial charge < -0.3 is 19.7 Å². The molecule has 0 unspecified atom stereocenters. The van der Waals surface area contributed by atoms with Crippen molar-refractivity contribution in [1.29, 1.82) is 0 Å². The molecule has 0 atom stereocenters. The molecule has 0 bridgehead atoms. The summed E-state index contributed by atoms with van der Waals surface area (Å²) in [6.07, 6.45) is 1.08. The number of ether oxygens (including phenoxy) is 2. The minimum Gasteiger partial charge on any atom is -0.355 e. The average molecular weight is 218 g/mol. The van der Waals surface area contributed by atoms with Crippen molar-refractivity contribution in [3.8, 4) is 0 Å². The van der Waals surface area contributed by atoms with Crippen LogP contribution in [0.5, 0.6) is 0 Å². The van der Waals surface area contributed by atoms with Crippen LogP contribution in [-0.4, -0.2) is 58.1 Å². The number of rotatable bonds is 10. The van der Waals surface area contributed by atoms with Gasteiger partial charge in [-0.2, -0.15) is 0 Å². The summed E-state index contributed by atoms with van der Waals surface area (Å²) in [4.78, 5) is 2.43. The zero-order chi connectivity index (χ0) is 11.5. The van der Waals surface area contributed by atoms with Gasteiger partial charge in [-0.25, -0.2) is 0 Å². The highest BCUT2D eigenvalue weighted by Crippen LogP contribution is 1.90. The molecule has 0 aromatic carbocycles. The van der Waals surface area contributed by atoms with E-state index in [2.05, 4.69) is 24.1 Å². The quantitative estimate of drug-likeness (QED) is 0.437. The Morgan fingerprint density at radius 3 is 2.27 bits per heavy atom.